The fourth-order valence-corrected chi connectivity index (χ4v) is 6.36. The monoisotopic (exact) mass is 647 g/mol. The molecular formula is C33H31F2N5O7. The number of carbonyl (C=O) groups is 2. The molecule has 0 unspecified atom stereocenters. The van der Waals surface area contributed by atoms with Crippen molar-refractivity contribution in [2.75, 3.05) is 20.3 Å². The predicted molar refractivity (Wildman–Crippen MR) is 161 cm³/mol. The van der Waals surface area contributed by atoms with Gasteiger partial charge in [-0.2, -0.15) is 0 Å². The number of carbonyl (C=O) groups excluding carboxylic acids is 2. The van der Waals surface area contributed by atoms with Gasteiger partial charge in [0.15, 0.2) is 22.9 Å². The van der Waals surface area contributed by atoms with Gasteiger partial charge in [-0.05, 0) is 68.9 Å². The molecule has 0 spiro atoms. The molecule has 0 bridgehead atoms. The summed E-state index contributed by atoms with van der Waals surface area (Å²) in [5.74, 6) is -0.630. The Labute approximate surface area is 266 Å². The number of aliphatic hydroxyl groups is 1. The maximum atomic E-state index is 13.8. The molecule has 4 aromatic rings. The van der Waals surface area contributed by atoms with E-state index in [1.54, 1.807) is 29.7 Å². The van der Waals surface area contributed by atoms with Crippen LogP contribution in [0.3, 0.4) is 0 Å². The van der Waals surface area contributed by atoms with Crippen LogP contribution in [0.1, 0.15) is 65.8 Å². The van der Waals surface area contributed by atoms with Crippen molar-refractivity contribution in [2.24, 2.45) is 11.7 Å². The first-order valence-electron chi connectivity index (χ1n) is 15.3. The van der Waals surface area contributed by atoms with Crippen LogP contribution in [0.2, 0.25) is 0 Å². The van der Waals surface area contributed by atoms with Crippen LogP contribution >= 0.6 is 0 Å². The molecule has 12 nitrogen and oxygen atoms in total. The number of imidazole rings is 1. The molecule has 2 fully saturated rings. The van der Waals surface area contributed by atoms with Gasteiger partial charge in [-0.15, -0.1) is 8.78 Å². The molecule has 1 aromatic carbocycles. The van der Waals surface area contributed by atoms with Gasteiger partial charge in [0.1, 0.15) is 29.1 Å². The Hall–Kier alpha value is -4.98. The third kappa shape index (κ3) is 4.80. The molecule has 4 N–H and O–H groups in total. The second-order valence-corrected chi connectivity index (χ2v) is 12.9. The molecule has 244 valence electrons. The lowest BCUT2D eigenvalue weighted by Gasteiger charge is -2.30. The lowest BCUT2D eigenvalue weighted by molar-refractivity contribution is -0.286. The van der Waals surface area contributed by atoms with Crippen LogP contribution in [0.25, 0.3) is 16.9 Å². The van der Waals surface area contributed by atoms with Gasteiger partial charge in [-0.3, -0.25) is 9.59 Å². The summed E-state index contributed by atoms with van der Waals surface area (Å²) in [6, 6.07) is 7.35. The van der Waals surface area contributed by atoms with E-state index in [0.29, 0.717) is 46.8 Å². The number of nitrogens with two attached hydrogens (primary N) is 1. The third-order valence-corrected chi connectivity index (χ3v) is 9.52. The summed E-state index contributed by atoms with van der Waals surface area (Å²) < 4.78 is 50.1. The smallest absolute Gasteiger partial charge is 0.493 e. The number of alkyl halides is 2. The van der Waals surface area contributed by atoms with Gasteiger partial charge in [-0.1, -0.05) is 0 Å². The van der Waals surface area contributed by atoms with Crippen molar-refractivity contribution in [3.05, 3.63) is 65.2 Å². The molecule has 0 radical (unpaired) electrons. The largest absolute Gasteiger partial charge is 0.586 e. The number of primary amides is 1. The van der Waals surface area contributed by atoms with Crippen molar-refractivity contribution in [3.63, 3.8) is 0 Å². The summed E-state index contributed by atoms with van der Waals surface area (Å²) in [7, 11) is 1.51. The van der Waals surface area contributed by atoms with E-state index in [1.807, 2.05) is 6.20 Å². The number of nitrogens with one attached hydrogen (secondary N) is 1. The molecule has 47 heavy (non-hydrogen) atoms. The quantitative estimate of drug-likeness (QED) is 0.246. The molecule has 14 heteroatoms. The number of hydrogen-bond donors (Lipinski definition) is 3. The average Bonchev–Trinajstić information content (AvgIpc) is 3.97. The van der Waals surface area contributed by atoms with Crippen molar-refractivity contribution in [1.29, 1.82) is 0 Å². The number of nitrogens with zero attached hydrogens (tertiary/aromatic N) is 3. The molecule has 2 saturated carbocycles. The highest BCUT2D eigenvalue weighted by Gasteiger charge is 2.50. The highest BCUT2D eigenvalue weighted by molar-refractivity contribution is 5.95. The molecular weight excluding hydrogens is 616 g/mol. The summed E-state index contributed by atoms with van der Waals surface area (Å²) in [6.45, 7) is 1.33. The Bertz CT molecular complexity index is 1990. The first-order chi connectivity index (χ1) is 22.4. The van der Waals surface area contributed by atoms with Crippen molar-refractivity contribution in [3.8, 4) is 34.3 Å². The number of amides is 2. The van der Waals surface area contributed by atoms with E-state index in [1.165, 1.54) is 25.3 Å². The Morgan fingerprint density at radius 1 is 1.13 bits per heavy atom. The third-order valence-electron chi connectivity index (χ3n) is 9.52. The van der Waals surface area contributed by atoms with E-state index in [2.05, 4.69) is 19.8 Å². The van der Waals surface area contributed by atoms with Gasteiger partial charge in [0.2, 0.25) is 5.91 Å². The summed E-state index contributed by atoms with van der Waals surface area (Å²) in [5.41, 5.74) is 5.84. The van der Waals surface area contributed by atoms with Crippen molar-refractivity contribution in [2.45, 2.75) is 55.8 Å². The summed E-state index contributed by atoms with van der Waals surface area (Å²) in [5, 5.41) is 15.1. The highest BCUT2D eigenvalue weighted by Crippen LogP contribution is 2.51. The Balaban J connectivity index is 1.16. The average molecular weight is 648 g/mol. The molecule has 5 heterocycles. The number of rotatable bonds is 9. The molecule has 0 saturated heterocycles. The Morgan fingerprint density at radius 3 is 2.60 bits per heavy atom. The SMILES string of the molecule is COc1cc(C(=O)NC[C@](O)(c2cc3c(c(-c4ccc5c(c4)OC(F)(F)O5)n2)OC[C@]3(C)C(N)=O)C2CC2)cn2cc(C3CC3)nc12. The minimum absolute atomic E-state index is 0.0853. The number of halogens is 2. The van der Waals surface area contributed by atoms with Crippen LogP contribution < -0.4 is 30.0 Å². The molecule has 4 aliphatic rings. The molecule has 2 aliphatic heterocycles. The van der Waals surface area contributed by atoms with E-state index in [0.717, 1.165) is 18.5 Å². The van der Waals surface area contributed by atoms with Crippen LogP contribution in [-0.2, 0) is 15.8 Å². The molecule has 3 aromatic heterocycles. The first kappa shape index (κ1) is 29.4. The van der Waals surface area contributed by atoms with Gasteiger partial charge < -0.3 is 39.5 Å². The van der Waals surface area contributed by atoms with Crippen molar-refractivity contribution < 1.29 is 42.4 Å². The van der Waals surface area contributed by atoms with Gasteiger partial charge in [0, 0.05) is 29.4 Å². The first-order valence-corrected chi connectivity index (χ1v) is 15.3. The minimum Gasteiger partial charge on any atom is -0.493 e. The maximum absolute atomic E-state index is 13.8. The summed E-state index contributed by atoms with van der Waals surface area (Å²) >= 11 is 0. The molecule has 8 rings (SSSR count). The van der Waals surface area contributed by atoms with Crippen LogP contribution in [0.5, 0.6) is 23.0 Å². The molecule has 2 amide bonds. The van der Waals surface area contributed by atoms with Gasteiger partial charge in [-0.25, -0.2) is 9.97 Å². The van der Waals surface area contributed by atoms with E-state index in [-0.39, 0.29) is 47.7 Å². The number of pyridine rings is 2. The normalized spacial score (nSPS) is 22.0. The van der Waals surface area contributed by atoms with Crippen molar-refractivity contribution >= 4 is 17.5 Å². The van der Waals surface area contributed by atoms with E-state index < -0.39 is 29.1 Å². The predicted octanol–water partition coefficient (Wildman–Crippen LogP) is 3.77. The number of aromatic nitrogens is 3. The summed E-state index contributed by atoms with van der Waals surface area (Å²) in [4.78, 5) is 35.7. The van der Waals surface area contributed by atoms with E-state index in [4.69, 9.17) is 20.2 Å². The van der Waals surface area contributed by atoms with Crippen molar-refractivity contribution in [1.82, 2.24) is 19.7 Å². The number of ether oxygens (including phenoxy) is 4. The maximum Gasteiger partial charge on any atom is 0.586 e. The van der Waals surface area contributed by atoms with Crippen LogP contribution in [0.15, 0.2) is 42.7 Å². The number of hydrogen-bond acceptors (Lipinski definition) is 9. The van der Waals surface area contributed by atoms with Gasteiger partial charge in [0.25, 0.3) is 5.91 Å². The van der Waals surface area contributed by atoms with Crippen LogP contribution in [-0.4, -0.2) is 57.8 Å². The fourth-order valence-electron chi connectivity index (χ4n) is 6.36. The Kier molecular flexibility index (Phi) is 6.27. The standard InChI is InChI=1S/C33H31F2N5O7/c1-31(30(36)42)15-45-27-20(31)11-25(39-26(27)17-5-8-22-23(9-17)47-33(34,35)46-22)32(43,19-6-7-19)14-37-29(41)18-10-24(44-2)28-38-21(16-3-4-16)13-40(28)12-18/h5,8-13,16,19,43H,3-4,6-7,14-15H2,1-2H3,(H2,36,42)(H,37,41)/t31-,32+/m0/s1. The van der Waals surface area contributed by atoms with Crippen LogP contribution in [0, 0.1) is 5.92 Å². The number of methoxy groups -OCH3 is 1. The second kappa shape index (κ2) is 10.0. The van der Waals surface area contributed by atoms with Gasteiger partial charge >= 0.3 is 6.29 Å². The molecule has 2 aliphatic carbocycles. The topological polar surface area (TPSA) is 160 Å². The second-order valence-electron chi connectivity index (χ2n) is 12.9. The highest BCUT2D eigenvalue weighted by atomic mass is 19.3. The minimum atomic E-state index is -3.82. The zero-order valence-electron chi connectivity index (χ0n) is 25.5. The fraction of sp³-hybridized carbons (Fsp3) is 0.394. The van der Waals surface area contributed by atoms with Crippen LogP contribution in [0.4, 0.5) is 8.78 Å². The van der Waals surface area contributed by atoms with Gasteiger partial charge in [0.05, 0.1) is 30.6 Å². The van der Waals surface area contributed by atoms with E-state index >= 15 is 0 Å². The summed E-state index contributed by atoms with van der Waals surface area (Å²) in [6.07, 6.45) is 3.24. The zero-order chi connectivity index (χ0) is 32.9. The molecule has 2 atom stereocenters. The lowest BCUT2D eigenvalue weighted by Crippen LogP contribution is -2.44. The van der Waals surface area contributed by atoms with E-state index in [9.17, 15) is 23.5 Å². The Morgan fingerprint density at radius 2 is 1.89 bits per heavy atom. The number of fused-ring (bicyclic) bond motifs is 3. The zero-order valence-corrected chi connectivity index (χ0v) is 25.5. The lowest BCUT2D eigenvalue weighted by atomic mass is 9.81. The number of benzene rings is 1.